The number of aromatic hydroxyl groups is 1. The van der Waals surface area contributed by atoms with Crippen LogP contribution in [0.25, 0.3) is 11.5 Å². The number of phenols is 1. The highest BCUT2D eigenvalue weighted by Gasteiger charge is 2.22. The monoisotopic (exact) mass is 296 g/mol. The zero-order valence-corrected chi connectivity index (χ0v) is 11.7. The van der Waals surface area contributed by atoms with Crippen LogP contribution in [0.3, 0.4) is 0 Å². The molecule has 1 saturated heterocycles. The number of aromatic nitrogens is 2. The zero-order valence-electron chi connectivity index (χ0n) is 10.2. The van der Waals surface area contributed by atoms with E-state index < -0.39 is 0 Å². The fraction of sp³-hybridized carbons (Fsp3) is 0.385. The molecule has 3 rings (SSSR count). The summed E-state index contributed by atoms with van der Waals surface area (Å²) in [6.07, 6.45) is 3.54. The Morgan fingerprint density at radius 1 is 1.37 bits per heavy atom. The summed E-state index contributed by atoms with van der Waals surface area (Å²) in [6, 6.07) is 4.68. The normalized spacial score (nSPS) is 19.5. The van der Waals surface area contributed by atoms with E-state index in [2.05, 4.69) is 10.1 Å². The summed E-state index contributed by atoms with van der Waals surface area (Å²) < 4.78 is 5.27. The zero-order chi connectivity index (χ0) is 13.2. The van der Waals surface area contributed by atoms with E-state index >= 15 is 0 Å². The molecule has 1 unspecified atom stereocenters. The molecule has 100 valence electrons. The van der Waals surface area contributed by atoms with Gasteiger partial charge in [-0.15, -0.1) is 0 Å². The number of benzene rings is 1. The summed E-state index contributed by atoms with van der Waals surface area (Å²) in [5.74, 6) is 2.36. The lowest BCUT2D eigenvalue weighted by Gasteiger charge is -2.17. The Morgan fingerprint density at radius 2 is 2.26 bits per heavy atom. The molecule has 2 heterocycles. The number of halogens is 1. The van der Waals surface area contributed by atoms with Crippen molar-refractivity contribution in [2.75, 3.05) is 5.75 Å². The summed E-state index contributed by atoms with van der Waals surface area (Å²) in [5.41, 5.74) is 0.571. The predicted octanol–water partition coefficient (Wildman–Crippen LogP) is 4.05. The van der Waals surface area contributed by atoms with Gasteiger partial charge in [0.1, 0.15) is 5.75 Å². The van der Waals surface area contributed by atoms with E-state index in [1.54, 1.807) is 6.07 Å². The van der Waals surface area contributed by atoms with Gasteiger partial charge in [0.2, 0.25) is 0 Å². The van der Waals surface area contributed by atoms with Gasteiger partial charge in [-0.05, 0) is 36.8 Å². The Kier molecular flexibility index (Phi) is 3.66. The lowest BCUT2D eigenvalue weighted by Crippen LogP contribution is -2.03. The van der Waals surface area contributed by atoms with E-state index in [1.165, 1.54) is 25.0 Å². The second kappa shape index (κ2) is 5.43. The minimum Gasteiger partial charge on any atom is -0.508 e. The summed E-state index contributed by atoms with van der Waals surface area (Å²) in [5, 5.41) is 14.3. The van der Waals surface area contributed by atoms with Crippen molar-refractivity contribution in [1.29, 1.82) is 0 Å². The molecule has 0 bridgehead atoms. The van der Waals surface area contributed by atoms with E-state index in [9.17, 15) is 5.11 Å². The maximum atomic E-state index is 9.50. The summed E-state index contributed by atoms with van der Waals surface area (Å²) in [6.45, 7) is 0. The maximum absolute atomic E-state index is 9.50. The third-order valence-corrected chi connectivity index (χ3v) is 4.79. The van der Waals surface area contributed by atoms with E-state index in [0.29, 0.717) is 21.7 Å². The maximum Gasteiger partial charge on any atom is 0.259 e. The molecule has 2 aromatic rings. The Labute approximate surface area is 120 Å². The van der Waals surface area contributed by atoms with Crippen molar-refractivity contribution in [3.63, 3.8) is 0 Å². The highest BCUT2D eigenvalue weighted by atomic mass is 35.5. The standard InChI is InChI=1S/C13H13ClN2O2S/c14-10-5-4-8(17)7-9(10)13-15-12(16-18-13)11-3-1-2-6-19-11/h4-5,7,11,17H,1-3,6H2. The lowest BCUT2D eigenvalue weighted by molar-refractivity contribution is 0.419. The van der Waals surface area contributed by atoms with Gasteiger partial charge >= 0.3 is 0 Å². The van der Waals surface area contributed by atoms with Crippen LogP contribution in [-0.4, -0.2) is 21.0 Å². The van der Waals surface area contributed by atoms with Crippen molar-refractivity contribution in [3.8, 4) is 17.2 Å². The second-order valence-electron chi connectivity index (χ2n) is 4.48. The van der Waals surface area contributed by atoms with Crippen LogP contribution >= 0.6 is 23.4 Å². The Hall–Kier alpha value is -1.20. The van der Waals surface area contributed by atoms with E-state index in [4.69, 9.17) is 16.1 Å². The van der Waals surface area contributed by atoms with Crippen molar-refractivity contribution < 1.29 is 9.63 Å². The van der Waals surface area contributed by atoms with Gasteiger partial charge in [-0.25, -0.2) is 0 Å². The Balaban J connectivity index is 1.89. The molecular formula is C13H13ClN2O2S. The molecule has 0 radical (unpaired) electrons. The average molecular weight is 297 g/mol. The number of rotatable bonds is 2. The molecule has 1 aromatic carbocycles. The first-order valence-electron chi connectivity index (χ1n) is 6.18. The van der Waals surface area contributed by atoms with Gasteiger partial charge in [0.05, 0.1) is 15.8 Å². The third-order valence-electron chi connectivity index (χ3n) is 3.09. The van der Waals surface area contributed by atoms with Crippen LogP contribution in [-0.2, 0) is 0 Å². The van der Waals surface area contributed by atoms with Crippen molar-refractivity contribution in [2.45, 2.75) is 24.5 Å². The Morgan fingerprint density at radius 3 is 3.05 bits per heavy atom. The SMILES string of the molecule is Oc1ccc(Cl)c(-c2nc(C3CCCCS3)no2)c1. The van der Waals surface area contributed by atoms with Crippen LogP contribution in [0.4, 0.5) is 0 Å². The molecule has 1 N–H and O–H groups in total. The van der Waals surface area contributed by atoms with Crippen molar-refractivity contribution in [1.82, 2.24) is 10.1 Å². The van der Waals surface area contributed by atoms with Crippen molar-refractivity contribution in [2.24, 2.45) is 0 Å². The van der Waals surface area contributed by atoms with Crippen LogP contribution < -0.4 is 0 Å². The molecule has 1 aliphatic rings. The first-order valence-corrected chi connectivity index (χ1v) is 7.61. The molecule has 1 aromatic heterocycles. The van der Waals surface area contributed by atoms with Crippen LogP contribution in [0, 0.1) is 0 Å². The highest BCUT2D eigenvalue weighted by molar-refractivity contribution is 7.99. The van der Waals surface area contributed by atoms with E-state index in [-0.39, 0.29) is 5.75 Å². The number of thioether (sulfide) groups is 1. The number of nitrogens with zero attached hydrogens (tertiary/aromatic N) is 2. The number of hydrogen-bond donors (Lipinski definition) is 1. The molecule has 6 heteroatoms. The molecule has 1 fully saturated rings. The van der Waals surface area contributed by atoms with Gasteiger partial charge in [0.15, 0.2) is 5.82 Å². The van der Waals surface area contributed by atoms with Crippen molar-refractivity contribution in [3.05, 3.63) is 29.0 Å². The molecule has 4 nitrogen and oxygen atoms in total. The molecule has 0 amide bonds. The fourth-order valence-electron chi connectivity index (χ4n) is 2.10. The number of phenolic OH excluding ortho intramolecular Hbond substituents is 1. The number of hydrogen-bond acceptors (Lipinski definition) is 5. The second-order valence-corrected chi connectivity index (χ2v) is 6.19. The van der Waals surface area contributed by atoms with Gasteiger partial charge in [0.25, 0.3) is 5.89 Å². The van der Waals surface area contributed by atoms with Gasteiger partial charge in [-0.1, -0.05) is 23.2 Å². The quantitative estimate of drug-likeness (QED) is 0.906. The predicted molar refractivity (Wildman–Crippen MR) is 75.5 cm³/mol. The van der Waals surface area contributed by atoms with Gasteiger partial charge in [0, 0.05) is 0 Å². The fourth-order valence-corrected chi connectivity index (χ4v) is 3.53. The van der Waals surface area contributed by atoms with Gasteiger partial charge in [-0.2, -0.15) is 16.7 Å². The molecule has 0 spiro atoms. The molecule has 0 saturated carbocycles. The first kappa shape index (κ1) is 12.8. The largest absolute Gasteiger partial charge is 0.508 e. The minimum atomic E-state index is 0.131. The topological polar surface area (TPSA) is 59.2 Å². The third kappa shape index (κ3) is 2.72. The smallest absolute Gasteiger partial charge is 0.259 e. The molecule has 19 heavy (non-hydrogen) atoms. The van der Waals surface area contributed by atoms with E-state index in [0.717, 1.165) is 18.0 Å². The van der Waals surface area contributed by atoms with Crippen LogP contribution in [0.5, 0.6) is 5.75 Å². The lowest BCUT2D eigenvalue weighted by atomic mass is 10.2. The van der Waals surface area contributed by atoms with Gasteiger partial charge in [-0.3, -0.25) is 0 Å². The van der Waals surface area contributed by atoms with Crippen LogP contribution in [0.15, 0.2) is 22.7 Å². The molecule has 1 aliphatic heterocycles. The van der Waals surface area contributed by atoms with Crippen molar-refractivity contribution >= 4 is 23.4 Å². The van der Waals surface area contributed by atoms with E-state index in [1.807, 2.05) is 11.8 Å². The van der Waals surface area contributed by atoms with Gasteiger partial charge < -0.3 is 9.63 Å². The molecule has 1 atom stereocenters. The summed E-state index contributed by atoms with van der Waals surface area (Å²) >= 11 is 7.95. The highest BCUT2D eigenvalue weighted by Crippen LogP contribution is 2.38. The Bertz CT molecular complexity index is 582. The molecular weight excluding hydrogens is 284 g/mol. The first-order chi connectivity index (χ1) is 9.24. The average Bonchev–Trinajstić information content (AvgIpc) is 2.92. The summed E-state index contributed by atoms with van der Waals surface area (Å²) in [4.78, 5) is 4.41. The molecule has 0 aliphatic carbocycles. The van der Waals surface area contributed by atoms with Crippen LogP contribution in [0.1, 0.15) is 30.3 Å². The minimum absolute atomic E-state index is 0.131. The van der Waals surface area contributed by atoms with Crippen LogP contribution in [0.2, 0.25) is 5.02 Å². The summed E-state index contributed by atoms with van der Waals surface area (Å²) in [7, 11) is 0.